The van der Waals surface area contributed by atoms with Crippen molar-refractivity contribution in [1.29, 1.82) is 0 Å². The number of carbonyl (C=O) groups is 1. The highest BCUT2D eigenvalue weighted by molar-refractivity contribution is 7.89. The highest BCUT2D eigenvalue weighted by Crippen LogP contribution is 2.25. The molecule has 25 heavy (non-hydrogen) atoms. The number of sulfonamides is 1. The van der Waals surface area contributed by atoms with E-state index in [-0.39, 0.29) is 10.5 Å². The maximum Gasteiger partial charge on any atom is 0.333 e. The van der Waals surface area contributed by atoms with Gasteiger partial charge >= 0.3 is 5.97 Å². The van der Waals surface area contributed by atoms with E-state index < -0.39 is 27.9 Å². The number of carboxylic acids is 1. The molecule has 132 valence electrons. The van der Waals surface area contributed by atoms with Crippen LogP contribution in [0, 0.1) is 12.7 Å². The van der Waals surface area contributed by atoms with Crippen LogP contribution in [0.3, 0.4) is 0 Å². The van der Waals surface area contributed by atoms with Crippen LogP contribution in [0.25, 0.3) is 0 Å². The number of aliphatic carboxylic acids is 1. The summed E-state index contributed by atoms with van der Waals surface area (Å²) < 4.78 is 40.8. The van der Waals surface area contributed by atoms with Crippen LogP contribution in [-0.2, 0) is 14.8 Å². The predicted octanol–water partition coefficient (Wildman–Crippen LogP) is 3.18. The van der Waals surface area contributed by atoms with Crippen molar-refractivity contribution in [3.05, 3.63) is 77.1 Å². The van der Waals surface area contributed by atoms with Gasteiger partial charge in [0.1, 0.15) is 5.82 Å². The molecule has 0 spiro atoms. The van der Waals surface area contributed by atoms with Gasteiger partial charge in [-0.1, -0.05) is 35.9 Å². The Bertz CT molecular complexity index is 888. The van der Waals surface area contributed by atoms with Crippen molar-refractivity contribution in [3.8, 4) is 0 Å². The van der Waals surface area contributed by atoms with Gasteiger partial charge in [0.2, 0.25) is 10.0 Å². The molecule has 0 aliphatic rings. The van der Waals surface area contributed by atoms with Gasteiger partial charge in [0, 0.05) is 0 Å². The molecule has 2 aromatic rings. The first kappa shape index (κ1) is 18.8. The largest absolute Gasteiger partial charge is 0.478 e. The maximum atomic E-state index is 13.2. The molecule has 0 fully saturated rings. The van der Waals surface area contributed by atoms with E-state index in [1.165, 1.54) is 37.3 Å². The van der Waals surface area contributed by atoms with Gasteiger partial charge < -0.3 is 5.11 Å². The summed E-state index contributed by atoms with van der Waals surface area (Å²) >= 11 is 0. The Morgan fingerprint density at radius 3 is 2.16 bits per heavy atom. The molecular weight excluding hydrogens is 345 g/mol. The second kappa shape index (κ2) is 7.58. The van der Waals surface area contributed by atoms with Crippen molar-refractivity contribution >= 4 is 16.0 Å². The fraction of sp³-hybridized carbons (Fsp3) is 0.167. The van der Waals surface area contributed by atoms with Gasteiger partial charge in [0.25, 0.3) is 0 Å². The standard InChI is InChI=1S/C18H18FNO4S/c1-3-16(18(21)22)17(13-6-8-14(19)9-7-13)20-25(23,24)15-10-4-12(2)5-11-15/h3-11,17,20H,1-2H3,(H,21,22). The summed E-state index contributed by atoms with van der Waals surface area (Å²) in [6, 6.07) is 10.0. The van der Waals surface area contributed by atoms with Crippen molar-refractivity contribution < 1.29 is 22.7 Å². The number of aryl methyl sites for hydroxylation is 1. The average Bonchev–Trinajstić information content (AvgIpc) is 2.55. The first-order valence-electron chi connectivity index (χ1n) is 7.48. The van der Waals surface area contributed by atoms with E-state index in [2.05, 4.69) is 4.72 Å². The van der Waals surface area contributed by atoms with E-state index >= 15 is 0 Å². The number of allylic oxidation sites excluding steroid dienone is 1. The normalized spacial score (nSPS) is 13.5. The Kier molecular flexibility index (Phi) is 5.71. The number of halogens is 1. The highest BCUT2D eigenvalue weighted by atomic mass is 32.2. The molecule has 0 aliphatic carbocycles. The number of nitrogens with one attached hydrogen (secondary N) is 1. The lowest BCUT2D eigenvalue weighted by Gasteiger charge is -2.20. The van der Waals surface area contributed by atoms with Crippen LogP contribution in [0.15, 0.2) is 65.1 Å². The molecule has 0 saturated carbocycles. The molecule has 0 amide bonds. The molecule has 2 N–H and O–H groups in total. The van der Waals surface area contributed by atoms with Crippen LogP contribution >= 0.6 is 0 Å². The second-order valence-electron chi connectivity index (χ2n) is 5.47. The third-order valence-corrected chi connectivity index (χ3v) is 5.12. The lowest BCUT2D eigenvalue weighted by molar-refractivity contribution is -0.133. The van der Waals surface area contributed by atoms with E-state index in [4.69, 9.17) is 0 Å². The van der Waals surface area contributed by atoms with Gasteiger partial charge in [-0.3, -0.25) is 0 Å². The Hall–Kier alpha value is -2.51. The summed E-state index contributed by atoms with van der Waals surface area (Å²) in [5.74, 6) is -1.76. The van der Waals surface area contributed by atoms with Crippen LogP contribution in [0.2, 0.25) is 0 Å². The number of hydrogen-bond acceptors (Lipinski definition) is 3. The van der Waals surface area contributed by atoms with E-state index in [1.54, 1.807) is 12.1 Å². The van der Waals surface area contributed by atoms with E-state index in [9.17, 15) is 22.7 Å². The Morgan fingerprint density at radius 1 is 1.12 bits per heavy atom. The maximum absolute atomic E-state index is 13.2. The van der Waals surface area contributed by atoms with Crippen LogP contribution in [0.5, 0.6) is 0 Å². The Labute approximate surface area is 145 Å². The monoisotopic (exact) mass is 363 g/mol. The summed E-state index contributed by atoms with van der Waals surface area (Å²) in [5.41, 5.74) is 1.07. The van der Waals surface area contributed by atoms with Gasteiger partial charge in [-0.25, -0.2) is 17.6 Å². The van der Waals surface area contributed by atoms with Crippen molar-refractivity contribution in [3.63, 3.8) is 0 Å². The van der Waals surface area contributed by atoms with Crippen LogP contribution in [0.1, 0.15) is 24.1 Å². The number of carboxylic acid groups (broad SMARTS) is 1. The van der Waals surface area contributed by atoms with Crippen LogP contribution < -0.4 is 4.72 Å². The van der Waals surface area contributed by atoms with Gasteiger partial charge in [-0.2, -0.15) is 4.72 Å². The first-order chi connectivity index (χ1) is 11.7. The first-order valence-corrected chi connectivity index (χ1v) is 8.97. The molecule has 1 unspecified atom stereocenters. The third-order valence-electron chi connectivity index (χ3n) is 3.68. The van der Waals surface area contributed by atoms with Crippen molar-refractivity contribution in [2.45, 2.75) is 24.8 Å². The zero-order valence-electron chi connectivity index (χ0n) is 13.7. The number of rotatable bonds is 6. The second-order valence-corrected chi connectivity index (χ2v) is 7.18. The SMILES string of the molecule is CC=C(C(=O)O)C(NS(=O)(=O)c1ccc(C)cc1)c1ccc(F)cc1. The minimum absolute atomic E-state index is 0.0195. The molecular formula is C18H18FNO4S. The topological polar surface area (TPSA) is 83.5 Å². The van der Waals surface area contributed by atoms with Crippen LogP contribution in [0.4, 0.5) is 4.39 Å². The Morgan fingerprint density at radius 2 is 1.68 bits per heavy atom. The zero-order valence-corrected chi connectivity index (χ0v) is 14.5. The summed E-state index contributed by atoms with van der Waals surface area (Å²) in [5, 5.41) is 9.39. The summed E-state index contributed by atoms with van der Waals surface area (Å²) in [6.07, 6.45) is 1.31. The highest BCUT2D eigenvalue weighted by Gasteiger charge is 2.27. The van der Waals surface area contributed by atoms with Gasteiger partial charge in [-0.05, 0) is 43.7 Å². The number of hydrogen-bond donors (Lipinski definition) is 2. The molecule has 0 aliphatic heterocycles. The molecule has 2 rings (SSSR count). The molecule has 0 saturated heterocycles. The van der Waals surface area contributed by atoms with Gasteiger partial charge in [0.15, 0.2) is 0 Å². The molecule has 5 nitrogen and oxygen atoms in total. The van der Waals surface area contributed by atoms with Gasteiger partial charge in [-0.15, -0.1) is 0 Å². The molecule has 2 aromatic carbocycles. The van der Waals surface area contributed by atoms with Crippen molar-refractivity contribution in [2.75, 3.05) is 0 Å². The third kappa shape index (κ3) is 4.52. The molecule has 1 atom stereocenters. The summed E-state index contributed by atoms with van der Waals surface area (Å²) in [7, 11) is -3.97. The van der Waals surface area contributed by atoms with Crippen molar-refractivity contribution in [1.82, 2.24) is 4.72 Å². The van der Waals surface area contributed by atoms with E-state index in [0.717, 1.165) is 17.7 Å². The quantitative estimate of drug-likeness (QED) is 0.772. The lowest BCUT2D eigenvalue weighted by Crippen LogP contribution is -2.32. The van der Waals surface area contributed by atoms with E-state index in [0.29, 0.717) is 5.56 Å². The molecule has 0 bridgehead atoms. The molecule has 0 aromatic heterocycles. The molecule has 0 radical (unpaired) electrons. The van der Waals surface area contributed by atoms with Crippen LogP contribution in [-0.4, -0.2) is 19.5 Å². The average molecular weight is 363 g/mol. The summed E-state index contributed by atoms with van der Waals surface area (Å²) in [4.78, 5) is 11.5. The summed E-state index contributed by atoms with van der Waals surface area (Å²) in [6.45, 7) is 3.33. The smallest absolute Gasteiger partial charge is 0.333 e. The minimum atomic E-state index is -3.97. The predicted molar refractivity (Wildman–Crippen MR) is 92.0 cm³/mol. The van der Waals surface area contributed by atoms with Crippen molar-refractivity contribution in [2.24, 2.45) is 0 Å². The Balaban J connectivity index is 2.47. The fourth-order valence-corrected chi connectivity index (χ4v) is 3.52. The minimum Gasteiger partial charge on any atom is -0.478 e. The fourth-order valence-electron chi connectivity index (χ4n) is 2.32. The number of benzene rings is 2. The van der Waals surface area contributed by atoms with E-state index in [1.807, 2.05) is 6.92 Å². The lowest BCUT2D eigenvalue weighted by atomic mass is 9.99. The van der Waals surface area contributed by atoms with Gasteiger partial charge in [0.05, 0.1) is 16.5 Å². The zero-order chi connectivity index (χ0) is 18.6. The molecule has 7 heteroatoms. The molecule has 0 heterocycles.